The van der Waals surface area contributed by atoms with E-state index in [0.29, 0.717) is 11.7 Å². The van der Waals surface area contributed by atoms with Gasteiger partial charge < -0.3 is 4.74 Å². The summed E-state index contributed by atoms with van der Waals surface area (Å²) in [7, 11) is 0. The van der Waals surface area contributed by atoms with Gasteiger partial charge in [-0.2, -0.15) is 5.10 Å². The Labute approximate surface area is 249 Å². The summed E-state index contributed by atoms with van der Waals surface area (Å²) in [5.74, 6) is 2.49. The third-order valence-electron chi connectivity index (χ3n) is 8.00. The summed E-state index contributed by atoms with van der Waals surface area (Å²) in [4.78, 5) is 4.76. The van der Waals surface area contributed by atoms with Crippen LogP contribution in [0.2, 0.25) is 0 Å². The predicted molar refractivity (Wildman–Crippen MR) is 171 cm³/mol. The van der Waals surface area contributed by atoms with Crippen molar-refractivity contribution in [3.63, 3.8) is 0 Å². The lowest BCUT2D eigenvalue weighted by molar-refractivity contribution is 0.483. The van der Waals surface area contributed by atoms with Gasteiger partial charge in [0.05, 0.1) is 22.9 Å². The van der Waals surface area contributed by atoms with Crippen LogP contribution in [0, 0.1) is 19.7 Å². The summed E-state index contributed by atoms with van der Waals surface area (Å²) in [6, 6.07) is 29.8. The SMILES string of the molecule is Cc1cc(F)cc(C)c1-c1cnn(-c2cccc(Oc3ccc4c5ccccc5n(-c5cc(C(C)C)ccn5)c4c3)c2)c1. The van der Waals surface area contributed by atoms with Crippen LogP contribution in [0.3, 0.4) is 0 Å². The first-order chi connectivity index (χ1) is 20.9. The molecule has 0 atom stereocenters. The second kappa shape index (κ2) is 10.6. The molecule has 0 fully saturated rings. The number of fused-ring (bicyclic) bond motifs is 3. The molecule has 3 aromatic heterocycles. The summed E-state index contributed by atoms with van der Waals surface area (Å²) in [5.41, 5.74) is 7.95. The fourth-order valence-corrected chi connectivity index (χ4v) is 5.96. The molecule has 0 radical (unpaired) electrons. The molecule has 0 saturated carbocycles. The number of hydrogen-bond acceptors (Lipinski definition) is 3. The highest BCUT2D eigenvalue weighted by Crippen LogP contribution is 2.36. The summed E-state index contributed by atoms with van der Waals surface area (Å²) < 4.78 is 24.3. The summed E-state index contributed by atoms with van der Waals surface area (Å²) >= 11 is 0. The average Bonchev–Trinajstić information content (AvgIpc) is 3.60. The van der Waals surface area contributed by atoms with Crippen LogP contribution in [0.25, 0.3) is 44.4 Å². The topological polar surface area (TPSA) is 44.9 Å². The molecule has 0 N–H and O–H groups in total. The number of para-hydroxylation sites is 1. The Kier molecular flexibility index (Phi) is 6.54. The van der Waals surface area contributed by atoms with Gasteiger partial charge in [0.25, 0.3) is 0 Å². The fraction of sp³-hybridized carbons (Fsp3) is 0.135. The maximum absolute atomic E-state index is 13.9. The van der Waals surface area contributed by atoms with E-state index in [4.69, 9.17) is 9.72 Å². The van der Waals surface area contributed by atoms with Gasteiger partial charge in [0.1, 0.15) is 23.1 Å². The molecule has 0 aliphatic carbocycles. The number of aryl methyl sites for hydroxylation is 2. The van der Waals surface area contributed by atoms with E-state index in [1.807, 2.05) is 67.5 Å². The molecule has 212 valence electrons. The molecule has 5 nitrogen and oxygen atoms in total. The average molecular weight is 567 g/mol. The van der Waals surface area contributed by atoms with Crippen LogP contribution in [0.15, 0.2) is 110 Å². The van der Waals surface area contributed by atoms with Gasteiger partial charge in [-0.25, -0.2) is 14.1 Å². The quantitative estimate of drug-likeness (QED) is 0.201. The first-order valence-corrected chi connectivity index (χ1v) is 14.5. The van der Waals surface area contributed by atoms with E-state index in [1.165, 1.54) is 10.9 Å². The Morgan fingerprint density at radius 2 is 1.53 bits per heavy atom. The van der Waals surface area contributed by atoms with Gasteiger partial charge in [-0.1, -0.05) is 38.1 Å². The maximum atomic E-state index is 13.9. The van der Waals surface area contributed by atoms with E-state index in [0.717, 1.165) is 55.9 Å². The van der Waals surface area contributed by atoms with Crippen molar-refractivity contribution < 1.29 is 9.13 Å². The second-order valence-electron chi connectivity index (χ2n) is 11.3. The van der Waals surface area contributed by atoms with Crippen molar-refractivity contribution in [2.24, 2.45) is 0 Å². The minimum atomic E-state index is -0.227. The zero-order chi connectivity index (χ0) is 29.7. The largest absolute Gasteiger partial charge is 0.457 e. The Morgan fingerprint density at radius 3 is 2.35 bits per heavy atom. The molecule has 0 spiro atoms. The van der Waals surface area contributed by atoms with E-state index in [1.54, 1.807) is 12.1 Å². The molecule has 7 aromatic rings. The predicted octanol–water partition coefficient (Wildman–Crippen LogP) is 9.70. The number of ether oxygens (including phenoxy) is 1. The number of nitrogens with zero attached hydrogens (tertiary/aromatic N) is 4. The Balaban J connectivity index is 1.25. The molecule has 0 amide bonds. The molecule has 4 aromatic carbocycles. The number of hydrogen-bond donors (Lipinski definition) is 0. The number of halogens is 1. The van der Waals surface area contributed by atoms with Crippen molar-refractivity contribution in [2.45, 2.75) is 33.6 Å². The highest BCUT2D eigenvalue weighted by Gasteiger charge is 2.16. The molecule has 3 heterocycles. The third-order valence-corrected chi connectivity index (χ3v) is 8.00. The standard InChI is InChI=1S/C37H31FN4O/c1-23(2)26-14-15-39-36(18-26)42-34-11-6-5-10-32(34)33-13-12-31(20-35(33)42)43-30-9-7-8-29(19-30)41-22-27(21-40-41)37-24(3)16-28(38)17-25(37)4/h5-23H,1-4H3. The highest BCUT2D eigenvalue weighted by atomic mass is 19.1. The Bertz CT molecular complexity index is 2120. The van der Waals surface area contributed by atoms with Crippen molar-refractivity contribution >= 4 is 21.8 Å². The molecule has 0 aliphatic heterocycles. The third kappa shape index (κ3) is 4.85. The first-order valence-electron chi connectivity index (χ1n) is 14.5. The van der Waals surface area contributed by atoms with Gasteiger partial charge in [-0.15, -0.1) is 0 Å². The van der Waals surface area contributed by atoms with E-state index < -0.39 is 0 Å². The molecule has 0 saturated heterocycles. The van der Waals surface area contributed by atoms with Gasteiger partial charge in [0.15, 0.2) is 0 Å². The molecule has 7 rings (SSSR count). The van der Waals surface area contributed by atoms with Gasteiger partial charge in [-0.05, 0) is 96.6 Å². The van der Waals surface area contributed by atoms with Crippen molar-refractivity contribution in [1.29, 1.82) is 0 Å². The second-order valence-corrected chi connectivity index (χ2v) is 11.3. The fourth-order valence-electron chi connectivity index (χ4n) is 5.96. The van der Waals surface area contributed by atoms with Crippen molar-refractivity contribution in [3.05, 3.63) is 132 Å². The zero-order valence-corrected chi connectivity index (χ0v) is 24.5. The van der Waals surface area contributed by atoms with Crippen LogP contribution in [0.5, 0.6) is 11.5 Å². The van der Waals surface area contributed by atoms with E-state index in [9.17, 15) is 4.39 Å². The van der Waals surface area contributed by atoms with E-state index in [-0.39, 0.29) is 5.82 Å². The molecular weight excluding hydrogens is 535 g/mol. The Morgan fingerprint density at radius 1 is 0.767 bits per heavy atom. The normalized spacial score (nSPS) is 11.6. The molecule has 0 unspecified atom stereocenters. The van der Waals surface area contributed by atoms with Crippen molar-refractivity contribution in [1.82, 2.24) is 19.3 Å². The minimum Gasteiger partial charge on any atom is -0.457 e. The number of aromatic nitrogens is 4. The summed E-state index contributed by atoms with van der Waals surface area (Å²) in [6.45, 7) is 8.23. The molecule has 6 heteroatoms. The van der Waals surface area contributed by atoms with Gasteiger partial charge in [0.2, 0.25) is 0 Å². The number of pyridine rings is 1. The summed E-state index contributed by atoms with van der Waals surface area (Å²) in [5, 5.41) is 6.92. The van der Waals surface area contributed by atoms with Gasteiger partial charge in [-0.3, -0.25) is 4.57 Å². The zero-order valence-electron chi connectivity index (χ0n) is 24.5. The lowest BCUT2D eigenvalue weighted by atomic mass is 9.98. The molecule has 43 heavy (non-hydrogen) atoms. The first kappa shape index (κ1) is 26.7. The van der Waals surface area contributed by atoms with Crippen LogP contribution in [-0.2, 0) is 0 Å². The maximum Gasteiger partial charge on any atom is 0.137 e. The minimum absolute atomic E-state index is 0.227. The highest BCUT2D eigenvalue weighted by molar-refractivity contribution is 6.09. The van der Waals surface area contributed by atoms with Crippen LogP contribution in [0.1, 0.15) is 36.5 Å². The monoisotopic (exact) mass is 566 g/mol. The van der Waals surface area contributed by atoms with Gasteiger partial charge >= 0.3 is 0 Å². The number of rotatable bonds is 6. The van der Waals surface area contributed by atoms with Crippen molar-refractivity contribution in [2.75, 3.05) is 0 Å². The van der Waals surface area contributed by atoms with Crippen molar-refractivity contribution in [3.8, 4) is 34.1 Å². The van der Waals surface area contributed by atoms with Crippen LogP contribution in [-0.4, -0.2) is 19.3 Å². The van der Waals surface area contributed by atoms with E-state index >= 15 is 0 Å². The van der Waals surface area contributed by atoms with Crippen LogP contribution in [0.4, 0.5) is 4.39 Å². The Hall–Kier alpha value is -5.23. The molecule has 0 aliphatic rings. The lowest BCUT2D eigenvalue weighted by Gasteiger charge is -2.12. The summed E-state index contributed by atoms with van der Waals surface area (Å²) in [6.07, 6.45) is 5.67. The lowest BCUT2D eigenvalue weighted by Crippen LogP contribution is -1.99. The molecular formula is C37H31FN4O. The van der Waals surface area contributed by atoms with Gasteiger partial charge in [0, 0.05) is 40.9 Å². The molecule has 0 bridgehead atoms. The smallest absolute Gasteiger partial charge is 0.137 e. The van der Waals surface area contributed by atoms with Crippen LogP contribution < -0.4 is 4.74 Å². The van der Waals surface area contributed by atoms with Crippen LogP contribution >= 0.6 is 0 Å². The van der Waals surface area contributed by atoms with E-state index in [2.05, 4.69) is 72.0 Å². The number of benzene rings is 4.